The van der Waals surface area contributed by atoms with Gasteiger partial charge in [-0.15, -0.1) is 0 Å². The molecule has 3 aromatic rings. The lowest BCUT2D eigenvalue weighted by Gasteiger charge is -2.08. The molecule has 2 nitrogen and oxygen atoms in total. The molecule has 134 valence electrons. The van der Waals surface area contributed by atoms with Gasteiger partial charge in [0.05, 0.1) is 0 Å². The van der Waals surface area contributed by atoms with Crippen LogP contribution in [0.25, 0.3) is 5.57 Å². The van der Waals surface area contributed by atoms with Crippen LogP contribution in [0.2, 0.25) is 0 Å². The van der Waals surface area contributed by atoms with Crippen molar-refractivity contribution >= 4 is 49.0 Å². The third-order valence-electron chi connectivity index (χ3n) is 4.10. The van der Waals surface area contributed by atoms with Crippen molar-refractivity contribution in [3.63, 3.8) is 0 Å². The summed E-state index contributed by atoms with van der Waals surface area (Å²) in [6, 6.07) is 24.0. The van der Waals surface area contributed by atoms with E-state index in [0.717, 1.165) is 14.5 Å². The molecule has 0 aromatic heterocycles. The van der Waals surface area contributed by atoms with Crippen LogP contribution < -0.4 is 0 Å². The normalized spacial score (nSPS) is 11.3. The van der Waals surface area contributed by atoms with E-state index in [1.165, 1.54) is 0 Å². The zero-order valence-electron chi connectivity index (χ0n) is 14.4. The van der Waals surface area contributed by atoms with E-state index in [1.807, 2.05) is 54.6 Å². The van der Waals surface area contributed by atoms with Crippen molar-refractivity contribution in [1.29, 1.82) is 0 Å². The fraction of sp³-hybridized carbons (Fsp3) is 0.0435. The fourth-order valence-electron chi connectivity index (χ4n) is 2.66. The molecule has 0 unspecified atom stereocenters. The summed E-state index contributed by atoms with van der Waals surface area (Å²) in [6.45, 7) is 0. The minimum Gasteiger partial charge on any atom is -0.294 e. The Balaban J connectivity index is 1.91. The zero-order valence-corrected chi connectivity index (χ0v) is 17.5. The third kappa shape index (κ3) is 5.34. The Labute approximate surface area is 175 Å². The summed E-state index contributed by atoms with van der Waals surface area (Å²) in [4.78, 5) is 25.4. The van der Waals surface area contributed by atoms with Crippen LogP contribution in [0.4, 0.5) is 0 Å². The number of hydrogen-bond acceptors (Lipinski definition) is 2. The van der Waals surface area contributed by atoms with Crippen LogP contribution in [-0.2, 0) is 0 Å². The van der Waals surface area contributed by atoms with Crippen LogP contribution in [0.5, 0.6) is 0 Å². The van der Waals surface area contributed by atoms with Gasteiger partial charge in [0.2, 0.25) is 0 Å². The van der Waals surface area contributed by atoms with Crippen LogP contribution in [0, 0.1) is 0 Å². The van der Waals surface area contributed by atoms with Crippen LogP contribution in [0.3, 0.4) is 0 Å². The summed E-state index contributed by atoms with van der Waals surface area (Å²) in [6.07, 6.45) is 1.73. The minimum absolute atomic E-state index is 0.0267. The minimum atomic E-state index is -0.120. The van der Waals surface area contributed by atoms with Gasteiger partial charge in [0.25, 0.3) is 0 Å². The molecule has 3 rings (SSSR count). The molecule has 0 bridgehead atoms. The van der Waals surface area contributed by atoms with Gasteiger partial charge in [0, 0.05) is 26.5 Å². The third-order valence-corrected chi connectivity index (χ3v) is 5.15. The van der Waals surface area contributed by atoms with Crippen LogP contribution in [0.1, 0.15) is 32.7 Å². The predicted octanol–water partition coefficient (Wildman–Crippen LogP) is 6.75. The molecule has 0 aliphatic carbocycles. The van der Waals surface area contributed by atoms with Gasteiger partial charge < -0.3 is 0 Å². The lowest BCUT2D eigenvalue weighted by atomic mass is 9.95. The summed E-state index contributed by atoms with van der Waals surface area (Å²) in [5, 5.41) is 0. The summed E-state index contributed by atoms with van der Waals surface area (Å²) in [5.41, 5.74) is 2.78. The van der Waals surface area contributed by atoms with Crippen molar-refractivity contribution < 1.29 is 9.59 Å². The van der Waals surface area contributed by atoms with Crippen molar-refractivity contribution in [3.05, 3.63) is 111 Å². The quantitative estimate of drug-likeness (QED) is 0.287. The molecule has 0 fully saturated rings. The molecule has 0 amide bonds. The number of hydrogen-bond donors (Lipinski definition) is 0. The van der Waals surface area contributed by atoms with Gasteiger partial charge >= 0.3 is 0 Å². The van der Waals surface area contributed by atoms with Crippen molar-refractivity contribution in [2.75, 3.05) is 0 Å². The van der Waals surface area contributed by atoms with E-state index in [2.05, 4.69) is 31.9 Å². The van der Waals surface area contributed by atoms with E-state index in [4.69, 9.17) is 0 Å². The molecule has 4 heteroatoms. The second-order valence-electron chi connectivity index (χ2n) is 6.01. The monoisotopic (exact) mass is 482 g/mol. The Morgan fingerprint density at radius 2 is 1.19 bits per heavy atom. The summed E-state index contributed by atoms with van der Waals surface area (Å²) in [5.74, 6) is -0.147. The Hall–Kier alpha value is -2.30. The molecule has 27 heavy (non-hydrogen) atoms. The molecule has 3 aromatic carbocycles. The maximum atomic E-state index is 12.7. The molecule has 0 spiro atoms. The van der Waals surface area contributed by atoms with Crippen molar-refractivity contribution in [2.45, 2.75) is 6.42 Å². The lowest BCUT2D eigenvalue weighted by Crippen LogP contribution is -2.03. The standard InChI is InChI=1S/C23H16Br2O2/c24-20-10-6-17(7-11-20)22(26)14-19(16-4-2-1-3-5-16)15-23(27)18-8-12-21(25)13-9-18/h1-14H,15H2/b19-14+. The first-order chi connectivity index (χ1) is 13.0. The molecule has 0 saturated carbocycles. The molecular formula is C23H16Br2O2. The largest absolute Gasteiger partial charge is 0.294 e. The van der Waals surface area contributed by atoms with Gasteiger partial charge in [-0.25, -0.2) is 0 Å². The van der Waals surface area contributed by atoms with Crippen molar-refractivity contribution in [1.82, 2.24) is 0 Å². The highest BCUT2D eigenvalue weighted by molar-refractivity contribution is 9.10. The number of rotatable bonds is 6. The second-order valence-corrected chi connectivity index (χ2v) is 7.84. The van der Waals surface area contributed by atoms with Gasteiger partial charge in [0.1, 0.15) is 0 Å². The summed E-state index contributed by atoms with van der Waals surface area (Å²) < 4.78 is 1.83. The number of Topliss-reactive ketones (excluding diaryl/α,β-unsaturated/α-hetero) is 1. The maximum absolute atomic E-state index is 12.7. The van der Waals surface area contributed by atoms with E-state index in [0.29, 0.717) is 16.7 Å². The molecule has 0 N–H and O–H groups in total. The van der Waals surface area contributed by atoms with E-state index in [-0.39, 0.29) is 18.0 Å². The summed E-state index contributed by atoms with van der Waals surface area (Å²) in [7, 11) is 0. The van der Waals surface area contributed by atoms with E-state index in [1.54, 1.807) is 30.3 Å². The van der Waals surface area contributed by atoms with Crippen LogP contribution in [0.15, 0.2) is 93.9 Å². The highest BCUT2D eigenvalue weighted by atomic mass is 79.9. The summed E-state index contributed by atoms with van der Waals surface area (Å²) >= 11 is 6.75. The highest BCUT2D eigenvalue weighted by Crippen LogP contribution is 2.23. The van der Waals surface area contributed by atoms with Gasteiger partial charge in [-0.1, -0.05) is 74.3 Å². The highest BCUT2D eigenvalue weighted by Gasteiger charge is 2.13. The molecular weight excluding hydrogens is 468 g/mol. The average molecular weight is 484 g/mol. The Bertz CT molecular complexity index is 973. The fourth-order valence-corrected chi connectivity index (χ4v) is 3.18. The number of carbonyl (C=O) groups is 2. The van der Waals surface area contributed by atoms with Gasteiger partial charge in [-0.3, -0.25) is 9.59 Å². The second kappa shape index (κ2) is 9.07. The van der Waals surface area contributed by atoms with Crippen molar-refractivity contribution in [3.8, 4) is 0 Å². The maximum Gasteiger partial charge on any atom is 0.186 e. The smallest absolute Gasteiger partial charge is 0.186 e. The molecule has 0 atom stereocenters. The van der Waals surface area contributed by atoms with Gasteiger partial charge in [-0.05, 0) is 53.6 Å². The molecule has 0 heterocycles. The average Bonchev–Trinajstić information content (AvgIpc) is 2.69. The molecule has 0 radical (unpaired) electrons. The first-order valence-corrected chi connectivity index (χ1v) is 9.96. The predicted molar refractivity (Wildman–Crippen MR) is 116 cm³/mol. The van der Waals surface area contributed by atoms with E-state index in [9.17, 15) is 9.59 Å². The number of halogens is 2. The van der Waals surface area contributed by atoms with Gasteiger partial charge in [-0.2, -0.15) is 0 Å². The number of ketones is 2. The van der Waals surface area contributed by atoms with E-state index >= 15 is 0 Å². The Morgan fingerprint density at radius 3 is 1.74 bits per heavy atom. The van der Waals surface area contributed by atoms with Crippen molar-refractivity contribution in [2.24, 2.45) is 0 Å². The lowest BCUT2D eigenvalue weighted by molar-refractivity contribution is 0.0998. The molecule has 0 saturated heterocycles. The topological polar surface area (TPSA) is 34.1 Å². The molecule has 0 aliphatic heterocycles. The number of allylic oxidation sites excluding steroid dienone is 2. The van der Waals surface area contributed by atoms with Crippen LogP contribution in [-0.4, -0.2) is 11.6 Å². The number of benzene rings is 3. The SMILES string of the molecule is O=C(/C=C(\CC(=O)c1ccc(Br)cc1)c1ccccc1)c1ccc(Br)cc1. The Kier molecular flexibility index (Phi) is 6.54. The number of carbonyl (C=O) groups excluding carboxylic acids is 2. The van der Waals surface area contributed by atoms with Gasteiger partial charge in [0.15, 0.2) is 11.6 Å². The first-order valence-electron chi connectivity index (χ1n) is 8.37. The van der Waals surface area contributed by atoms with E-state index < -0.39 is 0 Å². The zero-order chi connectivity index (χ0) is 19.2. The Morgan fingerprint density at radius 1 is 0.667 bits per heavy atom. The molecule has 0 aliphatic rings. The van der Waals surface area contributed by atoms with Crippen LogP contribution >= 0.6 is 31.9 Å². The first kappa shape index (κ1) is 19.5.